The molecule has 16 heavy (non-hydrogen) atoms. The summed E-state index contributed by atoms with van der Waals surface area (Å²) in [4.78, 5) is 13.2. The molecule has 86 valence electrons. The van der Waals surface area contributed by atoms with E-state index >= 15 is 0 Å². The normalized spacial score (nSPS) is 10.8. The molecule has 0 fully saturated rings. The fourth-order valence-electron chi connectivity index (χ4n) is 1.13. The van der Waals surface area contributed by atoms with Gasteiger partial charge in [-0.15, -0.1) is 0 Å². The van der Waals surface area contributed by atoms with Crippen molar-refractivity contribution >= 4 is 21.7 Å². The molecule has 0 aliphatic carbocycles. The Morgan fingerprint density at radius 2 is 2.31 bits per heavy atom. The second-order valence-electron chi connectivity index (χ2n) is 3.07. The van der Waals surface area contributed by atoms with Crippen molar-refractivity contribution in [3.8, 4) is 6.07 Å². The quantitative estimate of drug-likeness (QED) is 0.701. The van der Waals surface area contributed by atoms with Gasteiger partial charge in [0.25, 0.3) is 0 Å². The van der Waals surface area contributed by atoms with Crippen LogP contribution >= 0.6 is 0 Å². The highest BCUT2D eigenvalue weighted by atomic mass is 32.2. The molecular weight excluding hydrogens is 234 g/mol. The summed E-state index contributed by atoms with van der Waals surface area (Å²) in [5.74, 6) is -2.00. The van der Waals surface area contributed by atoms with Crippen LogP contribution in [0.15, 0.2) is 6.07 Å². The van der Waals surface area contributed by atoms with Crippen molar-refractivity contribution in [3.05, 3.63) is 17.5 Å². The number of nitriles is 1. The zero-order chi connectivity index (χ0) is 12.3. The molecular formula is C8H9N3O4S. The van der Waals surface area contributed by atoms with Gasteiger partial charge in [0.2, 0.25) is 10.0 Å². The number of nitrogens with zero attached hydrogens (tertiary/aromatic N) is 1. The molecule has 0 saturated heterocycles. The standard InChI is InChI=1S/C8H9N3O4S/c1-5-4-6(7(10-5)8(12)13)11-16(14,15)3-2-9/h4,10-11H,3H2,1H3,(H,12,13). The van der Waals surface area contributed by atoms with Crippen LogP contribution in [0.3, 0.4) is 0 Å². The van der Waals surface area contributed by atoms with E-state index in [-0.39, 0.29) is 11.4 Å². The fourth-order valence-corrected chi connectivity index (χ4v) is 1.87. The summed E-state index contributed by atoms with van der Waals surface area (Å²) in [6.45, 7) is 1.59. The zero-order valence-corrected chi connectivity index (χ0v) is 9.13. The van der Waals surface area contributed by atoms with Gasteiger partial charge in [0.05, 0.1) is 11.8 Å². The molecule has 0 amide bonds. The molecule has 8 heteroatoms. The van der Waals surface area contributed by atoms with Crippen molar-refractivity contribution in [2.75, 3.05) is 10.5 Å². The summed E-state index contributed by atoms with van der Waals surface area (Å²) in [7, 11) is -3.82. The van der Waals surface area contributed by atoms with E-state index in [0.29, 0.717) is 5.69 Å². The Balaban J connectivity index is 3.07. The molecule has 0 bridgehead atoms. The first-order valence-electron chi connectivity index (χ1n) is 4.16. The van der Waals surface area contributed by atoms with E-state index in [1.807, 2.05) is 4.72 Å². The smallest absolute Gasteiger partial charge is 0.354 e. The second-order valence-corrected chi connectivity index (χ2v) is 4.79. The van der Waals surface area contributed by atoms with Crippen LogP contribution in [0.1, 0.15) is 16.2 Å². The number of nitrogens with one attached hydrogen (secondary N) is 2. The Labute approximate surface area is 91.8 Å². The molecule has 1 heterocycles. The molecule has 0 spiro atoms. The molecule has 0 aliphatic heterocycles. The highest BCUT2D eigenvalue weighted by Gasteiger charge is 2.18. The lowest BCUT2D eigenvalue weighted by atomic mass is 10.4. The first-order valence-corrected chi connectivity index (χ1v) is 5.81. The van der Waals surface area contributed by atoms with E-state index in [1.165, 1.54) is 12.1 Å². The molecule has 0 aliphatic rings. The monoisotopic (exact) mass is 243 g/mol. The maximum atomic E-state index is 11.2. The highest BCUT2D eigenvalue weighted by Crippen LogP contribution is 2.18. The molecule has 1 aromatic heterocycles. The first-order chi connectivity index (χ1) is 7.35. The Morgan fingerprint density at radius 1 is 1.69 bits per heavy atom. The Kier molecular flexibility index (Phi) is 3.20. The number of aromatic nitrogens is 1. The lowest BCUT2D eigenvalue weighted by molar-refractivity contribution is 0.0692. The maximum absolute atomic E-state index is 11.2. The third kappa shape index (κ3) is 2.74. The molecule has 0 aromatic carbocycles. The summed E-state index contributed by atoms with van der Waals surface area (Å²) in [5, 5.41) is 17.0. The van der Waals surface area contributed by atoms with Crippen LogP contribution in [-0.4, -0.2) is 30.2 Å². The zero-order valence-electron chi connectivity index (χ0n) is 8.31. The number of hydrogen-bond donors (Lipinski definition) is 3. The third-order valence-electron chi connectivity index (χ3n) is 1.69. The Hall–Kier alpha value is -2.01. The van der Waals surface area contributed by atoms with Crippen LogP contribution in [0.5, 0.6) is 0 Å². The van der Waals surface area contributed by atoms with Crippen molar-refractivity contribution in [3.63, 3.8) is 0 Å². The van der Waals surface area contributed by atoms with Gasteiger partial charge in [0.15, 0.2) is 5.75 Å². The highest BCUT2D eigenvalue weighted by molar-refractivity contribution is 7.92. The first kappa shape index (κ1) is 12.1. The Bertz CT molecular complexity index is 552. The summed E-state index contributed by atoms with van der Waals surface area (Å²) < 4.78 is 24.5. The molecule has 3 N–H and O–H groups in total. The molecule has 7 nitrogen and oxygen atoms in total. The van der Waals surface area contributed by atoms with Crippen LogP contribution in [-0.2, 0) is 10.0 Å². The van der Waals surface area contributed by atoms with Gasteiger partial charge in [-0.3, -0.25) is 4.72 Å². The van der Waals surface area contributed by atoms with E-state index in [1.54, 1.807) is 6.92 Å². The minimum Gasteiger partial charge on any atom is -0.477 e. The Morgan fingerprint density at radius 3 is 2.81 bits per heavy atom. The molecule has 0 saturated carbocycles. The molecule has 1 rings (SSSR count). The average Bonchev–Trinajstić information content (AvgIpc) is 2.45. The van der Waals surface area contributed by atoms with Crippen LogP contribution in [0.25, 0.3) is 0 Å². The molecule has 1 aromatic rings. The topological polar surface area (TPSA) is 123 Å². The lowest BCUT2D eigenvalue weighted by Crippen LogP contribution is -2.17. The lowest BCUT2D eigenvalue weighted by Gasteiger charge is -2.03. The van der Waals surface area contributed by atoms with Crippen LogP contribution in [0, 0.1) is 18.3 Å². The van der Waals surface area contributed by atoms with Crippen LogP contribution < -0.4 is 4.72 Å². The maximum Gasteiger partial charge on any atom is 0.354 e. The number of sulfonamides is 1. The van der Waals surface area contributed by atoms with E-state index in [9.17, 15) is 13.2 Å². The van der Waals surface area contributed by atoms with Crippen LogP contribution in [0.2, 0.25) is 0 Å². The van der Waals surface area contributed by atoms with Gasteiger partial charge in [-0.2, -0.15) is 5.26 Å². The van der Waals surface area contributed by atoms with Gasteiger partial charge in [0.1, 0.15) is 5.69 Å². The number of H-pyrrole nitrogens is 1. The largest absolute Gasteiger partial charge is 0.477 e. The summed E-state index contributed by atoms with van der Waals surface area (Å²) in [5.41, 5.74) is 0.186. The number of carboxylic acid groups (broad SMARTS) is 1. The van der Waals surface area contributed by atoms with Crippen LogP contribution in [0.4, 0.5) is 5.69 Å². The third-order valence-corrected chi connectivity index (χ3v) is 2.73. The van der Waals surface area contributed by atoms with Gasteiger partial charge in [-0.05, 0) is 13.0 Å². The number of anilines is 1. The predicted molar refractivity (Wildman–Crippen MR) is 55.5 cm³/mol. The molecule has 0 radical (unpaired) electrons. The second kappa shape index (κ2) is 4.24. The van der Waals surface area contributed by atoms with Crippen molar-refractivity contribution in [1.82, 2.24) is 4.98 Å². The SMILES string of the molecule is Cc1cc(NS(=O)(=O)CC#N)c(C(=O)O)[nH]1. The molecule has 0 unspecified atom stereocenters. The number of aromatic carboxylic acids is 1. The summed E-state index contributed by atoms with van der Waals surface area (Å²) in [6, 6.07) is 2.82. The predicted octanol–water partition coefficient (Wildman–Crippen LogP) is 0.287. The summed E-state index contributed by atoms with van der Waals surface area (Å²) in [6.07, 6.45) is 0. The van der Waals surface area contributed by atoms with Gasteiger partial charge in [0, 0.05) is 5.69 Å². The summed E-state index contributed by atoms with van der Waals surface area (Å²) >= 11 is 0. The number of hydrogen-bond acceptors (Lipinski definition) is 4. The fraction of sp³-hybridized carbons (Fsp3) is 0.250. The van der Waals surface area contributed by atoms with Crippen molar-refractivity contribution in [2.45, 2.75) is 6.92 Å². The van der Waals surface area contributed by atoms with Crippen molar-refractivity contribution < 1.29 is 18.3 Å². The van der Waals surface area contributed by atoms with Gasteiger partial charge in [-0.1, -0.05) is 0 Å². The number of rotatable bonds is 4. The van der Waals surface area contributed by atoms with Gasteiger partial charge in [-0.25, -0.2) is 13.2 Å². The van der Waals surface area contributed by atoms with E-state index in [0.717, 1.165) is 0 Å². The minimum atomic E-state index is -3.82. The minimum absolute atomic E-state index is 0.0692. The number of aromatic amines is 1. The van der Waals surface area contributed by atoms with Crippen molar-refractivity contribution in [2.24, 2.45) is 0 Å². The van der Waals surface area contributed by atoms with E-state index in [2.05, 4.69) is 4.98 Å². The number of carbonyl (C=O) groups is 1. The number of carboxylic acids is 1. The van der Waals surface area contributed by atoms with E-state index in [4.69, 9.17) is 10.4 Å². The van der Waals surface area contributed by atoms with E-state index < -0.39 is 21.7 Å². The van der Waals surface area contributed by atoms with Gasteiger partial charge < -0.3 is 10.1 Å². The average molecular weight is 243 g/mol. The van der Waals surface area contributed by atoms with Crippen molar-refractivity contribution in [1.29, 1.82) is 5.26 Å². The molecule has 0 atom stereocenters. The number of aryl methyl sites for hydroxylation is 1. The van der Waals surface area contributed by atoms with Gasteiger partial charge >= 0.3 is 5.97 Å².